The minimum Gasteiger partial charge on any atom is -0.396 e. The molecule has 0 aromatic carbocycles. The van der Waals surface area contributed by atoms with Gasteiger partial charge in [-0.25, -0.2) is 0 Å². The summed E-state index contributed by atoms with van der Waals surface area (Å²) in [4.78, 5) is 0. The van der Waals surface area contributed by atoms with Crippen molar-refractivity contribution in [3.8, 4) is 0 Å². The molecule has 1 saturated heterocycles. The Morgan fingerprint density at radius 1 is 1.62 bits per heavy atom. The van der Waals surface area contributed by atoms with Gasteiger partial charge in [0.05, 0.1) is 6.10 Å². The van der Waals surface area contributed by atoms with Crippen LogP contribution in [0.15, 0.2) is 12.7 Å². The lowest BCUT2D eigenvalue weighted by atomic mass is 10.2. The molecule has 0 aromatic rings. The Morgan fingerprint density at radius 2 is 2.46 bits per heavy atom. The molecular formula is C10H18O3. The van der Waals surface area contributed by atoms with Gasteiger partial charge in [-0.05, 0) is 19.3 Å². The van der Waals surface area contributed by atoms with Crippen LogP contribution in [0.3, 0.4) is 0 Å². The van der Waals surface area contributed by atoms with Crippen molar-refractivity contribution in [3.05, 3.63) is 12.7 Å². The van der Waals surface area contributed by atoms with Gasteiger partial charge < -0.3 is 14.6 Å². The number of ether oxygens (including phenoxy) is 2. The van der Waals surface area contributed by atoms with Gasteiger partial charge in [0.25, 0.3) is 0 Å². The van der Waals surface area contributed by atoms with E-state index in [1.54, 1.807) is 6.08 Å². The molecule has 1 rings (SSSR count). The van der Waals surface area contributed by atoms with E-state index < -0.39 is 0 Å². The van der Waals surface area contributed by atoms with E-state index in [1.807, 2.05) is 0 Å². The molecule has 1 N–H and O–H groups in total. The molecule has 0 saturated carbocycles. The first-order chi connectivity index (χ1) is 6.36. The molecule has 1 heterocycles. The van der Waals surface area contributed by atoms with E-state index in [1.165, 1.54) is 0 Å². The van der Waals surface area contributed by atoms with E-state index in [0.29, 0.717) is 6.42 Å². The van der Waals surface area contributed by atoms with Crippen LogP contribution < -0.4 is 0 Å². The van der Waals surface area contributed by atoms with Crippen LogP contribution in [0.2, 0.25) is 0 Å². The summed E-state index contributed by atoms with van der Waals surface area (Å²) in [6, 6.07) is 0. The number of hydrogen-bond acceptors (Lipinski definition) is 3. The van der Waals surface area contributed by atoms with Gasteiger partial charge in [0, 0.05) is 19.6 Å². The molecule has 0 aliphatic carbocycles. The molecule has 0 bridgehead atoms. The van der Waals surface area contributed by atoms with Crippen LogP contribution in [0.1, 0.15) is 25.7 Å². The average molecular weight is 186 g/mol. The van der Waals surface area contributed by atoms with Crippen molar-refractivity contribution in [1.29, 1.82) is 0 Å². The van der Waals surface area contributed by atoms with Crippen LogP contribution >= 0.6 is 0 Å². The predicted octanol–water partition coefficient (Wildman–Crippen LogP) is 1.47. The molecule has 1 aliphatic heterocycles. The molecule has 0 spiro atoms. The lowest BCUT2D eigenvalue weighted by Gasteiger charge is -2.26. The second-order valence-corrected chi connectivity index (χ2v) is 3.22. The Hall–Kier alpha value is -0.380. The first-order valence-corrected chi connectivity index (χ1v) is 4.87. The SMILES string of the molecule is C=C[C@@H](CCO)OC1CCCCO1. The zero-order valence-electron chi connectivity index (χ0n) is 7.95. The van der Waals surface area contributed by atoms with Gasteiger partial charge in [0.1, 0.15) is 0 Å². The van der Waals surface area contributed by atoms with Gasteiger partial charge in [-0.3, -0.25) is 0 Å². The molecular weight excluding hydrogens is 168 g/mol. The van der Waals surface area contributed by atoms with Crippen molar-refractivity contribution < 1.29 is 14.6 Å². The summed E-state index contributed by atoms with van der Waals surface area (Å²) in [7, 11) is 0. The van der Waals surface area contributed by atoms with Crippen molar-refractivity contribution in [3.63, 3.8) is 0 Å². The van der Waals surface area contributed by atoms with Crippen LogP contribution in [-0.4, -0.2) is 30.7 Å². The van der Waals surface area contributed by atoms with Crippen LogP contribution in [0, 0.1) is 0 Å². The van der Waals surface area contributed by atoms with Gasteiger partial charge in [0.2, 0.25) is 0 Å². The molecule has 0 aromatic heterocycles. The molecule has 1 aliphatic rings. The quantitative estimate of drug-likeness (QED) is 0.661. The summed E-state index contributed by atoms with van der Waals surface area (Å²) in [6.45, 7) is 4.57. The van der Waals surface area contributed by atoms with Crippen LogP contribution in [0.5, 0.6) is 0 Å². The molecule has 3 nitrogen and oxygen atoms in total. The minimum absolute atomic E-state index is 0.0758. The lowest BCUT2D eigenvalue weighted by molar-refractivity contribution is -0.180. The van der Waals surface area contributed by atoms with E-state index in [0.717, 1.165) is 25.9 Å². The van der Waals surface area contributed by atoms with E-state index >= 15 is 0 Å². The summed E-state index contributed by atoms with van der Waals surface area (Å²) in [5.41, 5.74) is 0. The third-order valence-corrected chi connectivity index (χ3v) is 2.14. The molecule has 1 unspecified atom stereocenters. The fourth-order valence-corrected chi connectivity index (χ4v) is 1.38. The van der Waals surface area contributed by atoms with E-state index in [2.05, 4.69) is 6.58 Å². The largest absolute Gasteiger partial charge is 0.396 e. The lowest BCUT2D eigenvalue weighted by Crippen LogP contribution is -2.27. The molecule has 76 valence electrons. The Bertz CT molecular complexity index is 141. The Morgan fingerprint density at radius 3 is 3.00 bits per heavy atom. The number of rotatable bonds is 5. The van der Waals surface area contributed by atoms with E-state index in [4.69, 9.17) is 14.6 Å². The monoisotopic (exact) mass is 186 g/mol. The summed E-state index contributed by atoms with van der Waals surface area (Å²) >= 11 is 0. The molecule has 0 radical (unpaired) electrons. The zero-order valence-corrected chi connectivity index (χ0v) is 7.95. The maximum atomic E-state index is 8.73. The summed E-state index contributed by atoms with van der Waals surface area (Å²) in [6.07, 6.45) is 5.39. The van der Waals surface area contributed by atoms with Crippen LogP contribution in [-0.2, 0) is 9.47 Å². The first kappa shape index (κ1) is 10.7. The zero-order chi connectivity index (χ0) is 9.52. The Labute approximate surface area is 79.3 Å². The number of hydrogen-bond donors (Lipinski definition) is 1. The highest BCUT2D eigenvalue weighted by Crippen LogP contribution is 2.16. The fourth-order valence-electron chi connectivity index (χ4n) is 1.38. The van der Waals surface area contributed by atoms with Gasteiger partial charge in [-0.2, -0.15) is 0 Å². The predicted molar refractivity (Wildman–Crippen MR) is 50.4 cm³/mol. The molecule has 3 heteroatoms. The van der Waals surface area contributed by atoms with Crippen LogP contribution in [0.25, 0.3) is 0 Å². The average Bonchev–Trinajstić information content (AvgIpc) is 2.19. The summed E-state index contributed by atoms with van der Waals surface area (Å²) in [5.74, 6) is 0. The van der Waals surface area contributed by atoms with E-state index in [9.17, 15) is 0 Å². The van der Waals surface area contributed by atoms with Crippen molar-refractivity contribution >= 4 is 0 Å². The number of aliphatic hydroxyl groups is 1. The maximum absolute atomic E-state index is 8.73. The van der Waals surface area contributed by atoms with Crippen molar-refractivity contribution in [2.24, 2.45) is 0 Å². The maximum Gasteiger partial charge on any atom is 0.158 e. The van der Waals surface area contributed by atoms with Gasteiger partial charge >= 0.3 is 0 Å². The molecule has 0 amide bonds. The second kappa shape index (κ2) is 6.13. The minimum atomic E-state index is -0.0942. The second-order valence-electron chi connectivity index (χ2n) is 3.22. The highest BCUT2D eigenvalue weighted by atomic mass is 16.7. The summed E-state index contributed by atoms with van der Waals surface area (Å²) in [5, 5.41) is 8.73. The molecule has 1 fully saturated rings. The first-order valence-electron chi connectivity index (χ1n) is 4.87. The molecule has 13 heavy (non-hydrogen) atoms. The van der Waals surface area contributed by atoms with Gasteiger partial charge in [-0.15, -0.1) is 6.58 Å². The number of aliphatic hydroxyl groups excluding tert-OH is 1. The van der Waals surface area contributed by atoms with E-state index in [-0.39, 0.29) is 19.0 Å². The Balaban J connectivity index is 2.22. The standard InChI is InChI=1S/C10H18O3/c1-2-9(6-7-11)13-10-5-3-4-8-12-10/h2,9-11H,1,3-8H2/t9-,10?/m0/s1. The van der Waals surface area contributed by atoms with Crippen molar-refractivity contribution in [2.75, 3.05) is 13.2 Å². The van der Waals surface area contributed by atoms with Crippen molar-refractivity contribution in [1.82, 2.24) is 0 Å². The third-order valence-electron chi connectivity index (χ3n) is 2.14. The highest BCUT2D eigenvalue weighted by molar-refractivity contribution is 4.80. The van der Waals surface area contributed by atoms with Crippen molar-refractivity contribution in [2.45, 2.75) is 38.1 Å². The smallest absolute Gasteiger partial charge is 0.158 e. The fraction of sp³-hybridized carbons (Fsp3) is 0.800. The highest BCUT2D eigenvalue weighted by Gasteiger charge is 2.17. The third kappa shape index (κ3) is 3.89. The van der Waals surface area contributed by atoms with Gasteiger partial charge in [-0.1, -0.05) is 6.08 Å². The molecule has 2 atom stereocenters. The van der Waals surface area contributed by atoms with Crippen LogP contribution in [0.4, 0.5) is 0 Å². The normalized spacial score (nSPS) is 25.5. The Kier molecular flexibility index (Phi) is 5.05. The topological polar surface area (TPSA) is 38.7 Å². The summed E-state index contributed by atoms with van der Waals surface area (Å²) < 4.78 is 11.0. The van der Waals surface area contributed by atoms with Gasteiger partial charge in [0.15, 0.2) is 6.29 Å².